The molecule has 0 saturated carbocycles. The van der Waals surface area contributed by atoms with Crippen molar-refractivity contribution in [3.8, 4) is 5.75 Å². The van der Waals surface area contributed by atoms with Crippen molar-refractivity contribution in [3.63, 3.8) is 0 Å². The van der Waals surface area contributed by atoms with Gasteiger partial charge in [-0.2, -0.15) is 0 Å². The first-order valence-electron chi connectivity index (χ1n) is 7.17. The summed E-state index contributed by atoms with van der Waals surface area (Å²) in [6.45, 7) is 0. The Morgan fingerprint density at radius 3 is 2.74 bits per heavy atom. The van der Waals surface area contributed by atoms with Crippen LogP contribution in [0, 0.1) is 5.92 Å². The average molecular weight is 341 g/mol. The SMILES string of the molecule is COc1cccc(C(CC(=O)O)NC(=O)C2CCS(=O)(=O)C2)c1. The molecule has 1 aliphatic rings. The molecule has 1 amide bonds. The topological polar surface area (TPSA) is 110 Å². The molecule has 0 spiro atoms. The molecule has 126 valence electrons. The number of nitrogens with one attached hydrogen (secondary N) is 1. The molecule has 2 N–H and O–H groups in total. The highest BCUT2D eigenvalue weighted by Crippen LogP contribution is 2.24. The molecule has 1 aromatic carbocycles. The predicted octanol–water partition coefficient (Wildman–Crippen LogP) is 0.762. The lowest BCUT2D eigenvalue weighted by Crippen LogP contribution is -2.35. The Kier molecular flexibility index (Phi) is 5.25. The summed E-state index contributed by atoms with van der Waals surface area (Å²) in [5.74, 6) is -1.75. The van der Waals surface area contributed by atoms with E-state index in [9.17, 15) is 18.0 Å². The molecule has 0 aliphatic carbocycles. The highest BCUT2D eigenvalue weighted by molar-refractivity contribution is 7.91. The van der Waals surface area contributed by atoms with Crippen LogP contribution in [0.4, 0.5) is 0 Å². The van der Waals surface area contributed by atoms with Crippen LogP contribution in [0.1, 0.15) is 24.4 Å². The van der Waals surface area contributed by atoms with Gasteiger partial charge in [-0.15, -0.1) is 0 Å². The fraction of sp³-hybridized carbons (Fsp3) is 0.467. The number of rotatable bonds is 6. The standard InChI is InChI=1S/C15H19NO6S/c1-22-12-4-2-3-10(7-12)13(8-14(17)18)16-15(19)11-5-6-23(20,21)9-11/h2-4,7,11,13H,5-6,8-9H2,1H3,(H,16,19)(H,17,18). The van der Waals surface area contributed by atoms with E-state index in [4.69, 9.17) is 9.84 Å². The second-order valence-corrected chi connectivity index (χ2v) is 7.76. The van der Waals surface area contributed by atoms with E-state index in [1.807, 2.05) is 0 Å². The molecule has 1 fully saturated rings. The van der Waals surface area contributed by atoms with Gasteiger partial charge >= 0.3 is 5.97 Å². The number of hydrogen-bond donors (Lipinski definition) is 2. The van der Waals surface area contributed by atoms with Crippen LogP contribution in [0.25, 0.3) is 0 Å². The van der Waals surface area contributed by atoms with Crippen molar-refractivity contribution in [1.29, 1.82) is 0 Å². The number of benzene rings is 1. The Morgan fingerprint density at radius 2 is 2.17 bits per heavy atom. The number of carboxylic acids is 1. The van der Waals surface area contributed by atoms with Crippen LogP contribution in [0.15, 0.2) is 24.3 Å². The van der Waals surface area contributed by atoms with Gasteiger partial charge in [0.05, 0.1) is 37.0 Å². The van der Waals surface area contributed by atoms with Crippen molar-refractivity contribution in [2.24, 2.45) is 5.92 Å². The summed E-state index contributed by atoms with van der Waals surface area (Å²) >= 11 is 0. The number of carbonyl (C=O) groups is 2. The molecule has 0 bridgehead atoms. The molecule has 0 aromatic heterocycles. The van der Waals surface area contributed by atoms with Crippen molar-refractivity contribution >= 4 is 21.7 Å². The Hall–Kier alpha value is -2.09. The van der Waals surface area contributed by atoms with Crippen molar-refractivity contribution < 1.29 is 27.9 Å². The molecule has 1 aromatic rings. The summed E-state index contributed by atoms with van der Waals surface area (Å²) in [7, 11) is -1.68. The summed E-state index contributed by atoms with van der Waals surface area (Å²) in [5, 5.41) is 11.7. The van der Waals surface area contributed by atoms with E-state index in [1.165, 1.54) is 7.11 Å². The second-order valence-electron chi connectivity index (χ2n) is 5.54. The molecular formula is C15H19NO6S. The zero-order valence-corrected chi connectivity index (χ0v) is 13.5. The minimum Gasteiger partial charge on any atom is -0.497 e. The van der Waals surface area contributed by atoms with Gasteiger partial charge in [-0.25, -0.2) is 8.42 Å². The second kappa shape index (κ2) is 6.99. The Bertz CT molecular complexity index is 700. The minimum atomic E-state index is -3.17. The number of sulfone groups is 1. The Morgan fingerprint density at radius 1 is 1.43 bits per heavy atom. The fourth-order valence-electron chi connectivity index (χ4n) is 2.58. The van der Waals surface area contributed by atoms with Gasteiger partial charge in [0.25, 0.3) is 0 Å². The molecule has 8 heteroatoms. The van der Waals surface area contributed by atoms with Gasteiger partial charge in [0.2, 0.25) is 5.91 Å². The van der Waals surface area contributed by atoms with Gasteiger partial charge in [0, 0.05) is 0 Å². The van der Waals surface area contributed by atoms with Gasteiger partial charge in [0.1, 0.15) is 5.75 Å². The number of amides is 1. The zero-order chi connectivity index (χ0) is 17.0. The van der Waals surface area contributed by atoms with E-state index in [1.54, 1.807) is 24.3 Å². The lowest BCUT2D eigenvalue weighted by Gasteiger charge is -2.20. The number of carbonyl (C=O) groups excluding carboxylic acids is 1. The smallest absolute Gasteiger partial charge is 0.305 e. The fourth-order valence-corrected chi connectivity index (χ4v) is 4.32. The van der Waals surface area contributed by atoms with E-state index in [2.05, 4.69) is 5.32 Å². The van der Waals surface area contributed by atoms with Crippen molar-refractivity contribution in [3.05, 3.63) is 29.8 Å². The molecule has 2 rings (SSSR count). The third-order valence-electron chi connectivity index (χ3n) is 3.79. The van der Waals surface area contributed by atoms with Gasteiger partial charge < -0.3 is 15.2 Å². The molecule has 1 heterocycles. The zero-order valence-electron chi connectivity index (χ0n) is 12.7. The van der Waals surface area contributed by atoms with Crippen LogP contribution in [-0.2, 0) is 19.4 Å². The molecule has 2 unspecified atom stereocenters. The number of hydrogen-bond acceptors (Lipinski definition) is 5. The van der Waals surface area contributed by atoms with E-state index >= 15 is 0 Å². The summed E-state index contributed by atoms with van der Waals surface area (Å²) in [4.78, 5) is 23.3. The normalized spacial score (nSPS) is 20.7. The van der Waals surface area contributed by atoms with Gasteiger partial charge in [-0.05, 0) is 24.1 Å². The van der Waals surface area contributed by atoms with Crippen LogP contribution in [0.5, 0.6) is 5.75 Å². The Balaban J connectivity index is 2.15. The van der Waals surface area contributed by atoms with E-state index in [0.717, 1.165) is 0 Å². The molecule has 2 atom stereocenters. The van der Waals surface area contributed by atoms with Crippen LogP contribution in [-0.4, -0.2) is 44.0 Å². The van der Waals surface area contributed by atoms with Crippen molar-refractivity contribution in [2.75, 3.05) is 18.6 Å². The maximum atomic E-state index is 12.3. The highest BCUT2D eigenvalue weighted by atomic mass is 32.2. The lowest BCUT2D eigenvalue weighted by molar-refractivity contribution is -0.137. The first-order chi connectivity index (χ1) is 10.8. The number of carboxylic acid groups (broad SMARTS) is 1. The summed E-state index contributed by atoms with van der Waals surface area (Å²) in [6, 6.07) is 6.03. The quantitative estimate of drug-likeness (QED) is 0.790. The predicted molar refractivity (Wildman–Crippen MR) is 82.9 cm³/mol. The molecule has 7 nitrogen and oxygen atoms in total. The largest absolute Gasteiger partial charge is 0.497 e. The molecule has 23 heavy (non-hydrogen) atoms. The van der Waals surface area contributed by atoms with E-state index in [-0.39, 0.29) is 24.3 Å². The van der Waals surface area contributed by atoms with Gasteiger partial charge in [0.15, 0.2) is 9.84 Å². The lowest BCUT2D eigenvalue weighted by atomic mass is 10.0. The monoisotopic (exact) mass is 341 g/mol. The van der Waals surface area contributed by atoms with Crippen molar-refractivity contribution in [2.45, 2.75) is 18.9 Å². The molecule has 1 saturated heterocycles. The van der Waals surface area contributed by atoms with Crippen LogP contribution >= 0.6 is 0 Å². The van der Waals surface area contributed by atoms with Crippen molar-refractivity contribution in [1.82, 2.24) is 5.32 Å². The van der Waals surface area contributed by atoms with E-state index < -0.39 is 33.7 Å². The maximum Gasteiger partial charge on any atom is 0.305 e. The van der Waals surface area contributed by atoms with Crippen LogP contribution in [0.3, 0.4) is 0 Å². The first kappa shape index (κ1) is 17.3. The summed E-state index contributed by atoms with van der Waals surface area (Å²) in [5.41, 5.74) is 0.598. The number of aliphatic carboxylic acids is 1. The maximum absolute atomic E-state index is 12.3. The van der Waals surface area contributed by atoms with Gasteiger partial charge in [-0.1, -0.05) is 12.1 Å². The van der Waals surface area contributed by atoms with Gasteiger partial charge in [-0.3, -0.25) is 9.59 Å². The minimum absolute atomic E-state index is 0.00611. The first-order valence-corrected chi connectivity index (χ1v) is 8.99. The number of ether oxygens (including phenoxy) is 1. The third kappa shape index (κ3) is 4.69. The summed E-state index contributed by atoms with van der Waals surface area (Å²) < 4.78 is 28.0. The Labute approximate surface area is 134 Å². The van der Waals surface area contributed by atoms with Crippen LogP contribution < -0.4 is 10.1 Å². The van der Waals surface area contributed by atoms with Crippen LogP contribution in [0.2, 0.25) is 0 Å². The average Bonchev–Trinajstić information content (AvgIpc) is 2.86. The van der Waals surface area contributed by atoms with E-state index in [0.29, 0.717) is 11.3 Å². The number of methoxy groups -OCH3 is 1. The highest BCUT2D eigenvalue weighted by Gasteiger charge is 2.34. The molecule has 0 radical (unpaired) electrons. The third-order valence-corrected chi connectivity index (χ3v) is 5.56. The molecular weight excluding hydrogens is 322 g/mol. The summed E-state index contributed by atoms with van der Waals surface area (Å²) in [6.07, 6.45) is -0.0234. The molecule has 1 aliphatic heterocycles.